The van der Waals surface area contributed by atoms with Gasteiger partial charge in [-0.3, -0.25) is 0 Å². The third-order valence-electron chi connectivity index (χ3n) is 4.35. The largest absolute Gasteiger partial charge is 0.488 e. The van der Waals surface area contributed by atoms with Gasteiger partial charge < -0.3 is 15.2 Å². The van der Waals surface area contributed by atoms with Crippen LogP contribution >= 0.6 is 23.2 Å². The average molecular weight is 416 g/mol. The molecular weight excluding hydrogens is 397 g/mol. The van der Waals surface area contributed by atoms with Gasteiger partial charge >= 0.3 is 5.97 Å². The quantitative estimate of drug-likeness (QED) is 0.482. The second-order valence-corrected chi connectivity index (χ2v) is 7.10. The van der Waals surface area contributed by atoms with Crippen molar-refractivity contribution in [2.75, 3.05) is 5.32 Å². The van der Waals surface area contributed by atoms with Gasteiger partial charge in [-0.1, -0.05) is 47.5 Å². The van der Waals surface area contributed by atoms with Gasteiger partial charge in [0.2, 0.25) is 0 Å². The van der Waals surface area contributed by atoms with Crippen LogP contribution in [0.1, 0.15) is 27.0 Å². The van der Waals surface area contributed by atoms with E-state index in [9.17, 15) is 4.79 Å². The Morgan fingerprint density at radius 3 is 2.43 bits per heavy atom. The number of ether oxygens (including phenoxy) is 1. The molecule has 0 aliphatic heterocycles. The lowest BCUT2D eigenvalue weighted by Crippen LogP contribution is -2.06. The molecule has 0 amide bonds. The lowest BCUT2D eigenvalue weighted by molar-refractivity contribution is 0.0697. The highest BCUT2D eigenvalue weighted by molar-refractivity contribution is 6.35. The van der Waals surface area contributed by atoms with Crippen LogP contribution in [0.15, 0.2) is 60.7 Å². The van der Waals surface area contributed by atoms with E-state index in [0.717, 1.165) is 28.1 Å². The van der Waals surface area contributed by atoms with Crippen molar-refractivity contribution in [1.82, 2.24) is 0 Å². The molecule has 0 spiro atoms. The molecule has 0 fully saturated rings. The summed E-state index contributed by atoms with van der Waals surface area (Å²) in [6.45, 7) is 2.66. The topological polar surface area (TPSA) is 58.6 Å². The van der Waals surface area contributed by atoms with Gasteiger partial charge in [0.25, 0.3) is 0 Å². The number of carboxylic acid groups (broad SMARTS) is 1. The number of para-hydroxylation sites is 1. The van der Waals surface area contributed by atoms with Crippen LogP contribution in [0.4, 0.5) is 5.69 Å². The Morgan fingerprint density at radius 1 is 1.04 bits per heavy atom. The molecule has 144 valence electrons. The zero-order valence-corrected chi connectivity index (χ0v) is 16.7. The Hall–Kier alpha value is -2.69. The first-order chi connectivity index (χ1) is 13.5. The lowest BCUT2D eigenvalue weighted by Gasteiger charge is -2.15. The summed E-state index contributed by atoms with van der Waals surface area (Å²) in [4.78, 5) is 11.1. The highest BCUT2D eigenvalue weighted by atomic mass is 35.5. The van der Waals surface area contributed by atoms with Crippen molar-refractivity contribution in [3.63, 3.8) is 0 Å². The third kappa shape index (κ3) is 4.77. The highest BCUT2D eigenvalue weighted by Gasteiger charge is 2.10. The van der Waals surface area contributed by atoms with Crippen LogP contribution in [0.5, 0.6) is 5.75 Å². The van der Waals surface area contributed by atoms with E-state index in [4.69, 9.17) is 33.0 Å². The van der Waals surface area contributed by atoms with Gasteiger partial charge in [-0.15, -0.1) is 0 Å². The number of carbonyl (C=O) groups is 1. The molecular formula is C22H19Cl2NO3. The maximum atomic E-state index is 11.1. The van der Waals surface area contributed by atoms with E-state index < -0.39 is 5.97 Å². The molecule has 0 aromatic heterocycles. The van der Waals surface area contributed by atoms with Crippen molar-refractivity contribution in [3.8, 4) is 5.75 Å². The van der Waals surface area contributed by atoms with Crippen LogP contribution in [0.3, 0.4) is 0 Å². The van der Waals surface area contributed by atoms with Crippen molar-refractivity contribution < 1.29 is 14.6 Å². The molecule has 3 aromatic rings. The molecule has 28 heavy (non-hydrogen) atoms. The van der Waals surface area contributed by atoms with Crippen LogP contribution in [0.2, 0.25) is 10.0 Å². The number of aryl methyl sites for hydroxylation is 1. The van der Waals surface area contributed by atoms with Crippen molar-refractivity contribution in [2.45, 2.75) is 20.1 Å². The molecule has 0 aliphatic carbocycles. The first-order valence-electron chi connectivity index (χ1n) is 8.67. The Bertz CT molecular complexity index is 985. The Labute approximate surface area is 173 Å². The van der Waals surface area contributed by atoms with Crippen molar-refractivity contribution >= 4 is 34.9 Å². The Kier molecular flexibility index (Phi) is 6.45. The molecule has 0 saturated carbocycles. The number of halogens is 2. The lowest BCUT2D eigenvalue weighted by atomic mass is 10.1. The number of carboxylic acids is 1. The molecule has 3 aromatic carbocycles. The Balaban J connectivity index is 1.71. The van der Waals surface area contributed by atoms with Gasteiger partial charge in [-0.2, -0.15) is 0 Å². The molecule has 2 N–H and O–H groups in total. The van der Waals surface area contributed by atoms with E-state index in [1.165, 1.54) is 0 Å². The molecule has 3 rings (SSSR count). The maximum Gasteiger partial charge on any atom is 0.335 e. The van der Waals surface area contributed by atoms with E-state index in [1.807, 2.05) is 31.2 Å². The number of hydrogen-bond donors (Lipinski definition) is 2. The van der Waals surface area contributed by atoms with Gasteiger partial charge in [0, 0.05) is 33.4 Å². The number of hydrogen-bond acceptors (Lipinski definition) is 3. The molecule has 0 heterocycles. The first-order valence-corrected chi connectivity index (χ1v) is 9.42. The minimum atomic E-state index is -0.938. The molecule has 0 saturated heterocycles. The maximum absolute atomic E-state index is 11.1. The van der Waals surface area contributed by atoms with Crippen molar-refractivity contribution in [1.29, 1.82) is 0 Å². The number of nitrogens with one attached hydrogen (secondary N) is 1. The normalized spacial score (nSPS) is 10.5. The smallest absolute Gasteiger partial charge is 0.335 e. The van der Waals surface area contributed by atoms with Gasteiger partial charge in [0.1, 0.15) is 12.4 Å². The number of rotatable bonds is 7. The number of aromatic carboxylic acids is 1. The third-order valence-corrected chi connectivity index (χ3v) is 5.06. The zero-order valence-electron chi connectivity index (χ0n) is 15.2. The summed E-state index contributed by atoms with van der Waals surface area (Å²) in [7, 11) is 0. The predicted octanol–water partition coefficient (Wildman–Crippen LogP) is 6.19. The zero-order chi connectivity index (χ0) is 20.1. The summed E-state index contributed by atoms with van der Waals surface area (Å²) in [6.07, 6.45) is 0. The minimum absolute atomic E-state index is 0.266. The summed E-state index contributed by atoms with van der Waals surface area (Å²) >= 11 is 12.4. The van der Waals surface area contributed by atoms with E-state index in [1.54, 1.807) is 36.4 Å². The second-order valence-electron chi connectivity index (χ2n) is 6.29. The Morgan fingerprint density at radius 2 is 1.75 bits per heavy atom. The molecule has 4 nitrogen and oxygen atoms in total. The van der Waals surface area contributed by atoms with Crippen LogP contribution in [-0.4, -0.2) is 11.1 Å². The molecule has 0 aliphatic rings. The molecule has 6 heteroatoms. The van der Waals surface area contributed by atoms with Crippen molar-refractivity contribution in [3.05, 3.63) is 93.0 Å². The second kappa shape index (κ2) is 9.00. The van der Waals surface area contributed by atoms with Gasteiger partial charge in [-0.25, -0.2) is 4.79 Å². The number of anilines is 1. The van der Waals surface area contributed by atoms with Gasteiger partial charge in [0.05, 0.1) is 5.56 Å². The van der Waals surface area contributed by atoms with Gasteiger partial charge in [0.15, 0.2) is 0 Å². The molecule has 0 atom stereocenters. The van der Waals surface area contributed by atoms with E-state index in [2.05, 4.69) is 5.32 Å². The average Bonchev–Trinajstić information content (AvgIpc) is 2.67. The summed E-state index contributed by atoms with van der Waals surface area (Å²) in [5.41, 5.74) is 3.71. The van der Waals surface area contributed by atoms with Crippen LogP contribution in [0.25, 0.3) is 0 Å². The van der Waals surface area contributed by atoms with E-state index in [0.29, 0.717) is 16.6 Å². The first kappa shape index (κ1) is 20.1. The highest BCUT2D eigenvalue weighted by Crippen LogP contribution is 2.27. The predicted molar refractivity (Wildman–Crippen MR) is 113 cm³/mol. The monoisotopic (exact) mass is 415 g/mol. The summed E-state index contributed by atoms with van der Waals surface area (Å²) in [5, 5.41) is 13.5. The molecule has 0 bridgehead atoms. The van der Waals surface area contributed by atoms with E-state index in [-0.39, 0.29) is 12.2 Å². The summed E-state index contributed by atoms with van der Waals surface area (Å²) in [5.74, 6) is -0.211. The van der Waals surface area contributed by atoms with Crippen LogP contribution in [-0.2, 0) is 13.2 Å². The fourth-order valence-electron chi connectivity index (χ4n) is 2.80. The van der Waals surface area contributed by atoms with Crippen LogP contribution < -0.4 is 10.1 Å². The minimum Gasteiger partial charge on any atom is -0.488 e. The van der Waals surface area contributed by atoms with Crippen molar-refractivity contribution in [2.24, 2.45) is 0 Å². The molecule has 0 unspecified atom stereocenters. The standard InChI is InChI=1S/C22H19Cl2NO3/c1-14-11-15(22(26)27)9-10-20(14)25-12-16-5-2-3-8-21(16)28-13-17-18(23)6-4-7-19(17)24/h2-11,25H,12-13H2,1H3,(H,26,27). The number of benzene rings is 3. The summed E-state index contributed by atoms with van der Waals surface area (Å²) in [6, 6.07) is 18.1. The summed E-state index contributed by atoms with van der Waals surface area (Å²) < 4.78 is 5.97. The fraction of sp³-hybridized carbons (Fsp3) is 0.136. The molecule has 0 radical (unpaired) electrons. The van der Waals surface area contributed by atoms with Crippen LogP contribution in [0, 0.1) is 6.92 Å². The SMILES string of the molecule is Cc1cc(C(=O)O)ccc1NCc1ccccc1OCc1c(Cl)cccc1Cl. The van der Waals surface area contributed by atoms with E-state index >= 15 is 0 Å². The van der Waals surface area contributed by atoms with Gasteiger partial charge in [-0.05, 0) is 48.9 Å². The fourth-order valence-corrected chi connectivity index (χ4v) is 3.30.